The van der Waals surface area contributed by atoms with Crippen molar-refractivity contribution < 1.29 is 31.0 Å². The molecule has 1 aromatic rings. The zero-order valence-electron chi connectivity index (χ0n) is 7.93. The quantitative estimate of drug-likeness (QED) is 0.841. The first kappa shape index (κ1) is 13.3. The van der Waals surface area contributed by atoms with Gasteiger partial charge in [0.15, 0.2) is 0 Å². The topological polar surface area (TPSA) is 63.3 Å². The summed E-state index contributed by atoms with van der Waals surface area (Å²) in [6.07, 6.45) is 0.385. The maximum atomic E-state index is 10.4. The molecule has 1 aromatic carbocycles. The molecule has 0 amide bonds. The summed E-state index contributed by atoms with van der Waals surface area (Å²) in [4.78, 5) is 10.4. The number of rotatable bonds is 3. The van der Waals surface area contributed by atoms with Crippen molar-refractivity contribution in [3.05, 3.63) is 35.4 Å². The molecule has 0 radical (unpaired) electrons. The maximum absolute atomic E-state index is 10.4. The van der Waals surface area contributed by atoms with E-state index in [1.807, 2.05) is 31.2 Å². The molecule has 0 saturated carbocycles. The maximum Gasteiger partial charge on any atom is 0.320 e. The molecule has 0 aliphatic carbocycles. The van der Waals surface area contributed by atoms with E-state index in [0.29, 0.717) is 6.42 Å². The molecule has 3 N–H and O–H groups in total. The van der Waals surface area contributed by atoms with Crippen LogP contribution in [0.2, 0.25) is 0 Å². The van der Waals surface area contributed by atoms with Gasteiger partial charge in [-0.1, -0.05) is 29.8 Å². The Balaban J connectivity index is 0.00000169. The molecule has 0 aliphatic rings. The van der Waals surface area contributed by atoms with Gasteiger partial charge in [0.2, 0.25) is 0 Å². The van der Waals surface area contributed by atoms with E-state index < -0.39 is 12.0 Å². The number of hydrogen-bond donors (Lipinski definition) is 2. The number of carboxylic acids is 1. The van der Waals surface area contributed by atoms with E-state index in [4.69, 9.17) is 10.8 Å². The molecule has 0 aromatic heterocycles. The van der Waals surface area contributed by atoms with Crippen LogP contribution in [-0.4, -0.2) is 17.1 Å². The molecule has 3 nitrogen and oxygen atoms in total. The predicted molar refractivity (Wildman–Crippen MR) is 50.5 cm³/mol. The molecule has 76 valence electrons. The average molecular weight is 363 g/mol. The Kier molecular flexibility index (Phi) is 5.66. The van der Waals surface area contributed by atoms with Crippen LogP contribution in [0.1, 0.15) is 11.1 Å². The van der Waals surface area contributed by atoms with Crippen LogP contribution in [0.25, 0.3) is 0 Å². The van der Waals surface area contributed by atoms with E-state index in [1.54, 1.807) is 0 Å². The summed E-state index contributed by atoms with van der Waals surface area (Å²) in [5.74, 6) is -0.958. The summed E-state index contributed by atoms with van der Waals surface area (Å²) >= 11 is 0. The van der Waals surface area contributed by atoms with Crippen molar-refractivity contribution in [3.8, 4) is 0 Å². The van der Waals surface area contributed by atoms with E-state index in [0.717, 1.165) is 11.1 Å². The predicted octanol–water partition coefficient (Wildman–Crippen LogP) is 0.947. The van der Waals surface area contributed by atoms with Crippen LogP contribution in [0.3, 0.4) is 0 Å². The van der Waals surface area contributed by atoms with E-state index in [1.165, 1.54) is 0 Å². The summed E-state index contributed by atoms with van der Waals surface area (Å²) in [5.41, 5.74) is 7.51. The van der Waals surface area contributed by atoms with E-state index in [2.05, 4.69) is 0 Å². The molecular weight excluding hydrogens is 350 g/mol. The van der Waals surface area contributed by atoms with Gasteiger partial charge in [0.05, 0.1) is 0 Å². The van der Waals surface area contributed by atoms with Gasteiger partial charge in [0.1, 0.15) is 6.04 Å². The van der Waals surface area contributed by atoms with E-state index in [9.17, 15) is 4.79 Å². The van der Waals surface area contributed by atoms with Crippen LogP contribution in [0, 0.1) is 6.92 Å². The fraction of sp³-hybridized carbons (Fsp3) is 0.300. The average Bonchev–Trinajstić information content (AvgIpc) is 2.08. The normalized spacial score (nSPS) is 11.6. The van der Waals surface area contributed by atoms with Crippen molar-refractivity contribution in [3.63, 3.8) is 0 Å². The number of benzene rings is 1. The van der Waals surface area contributed by atoms with E-state index >= 15 is 0 Å². The van der Waals surface area contributed by atoms with Crippen LogP contribution in [0.5, 0.6) is 0 Å². The molecule has 0 heterocycles. The van der Waals surface area contributed by atoms with Gasteiger partial charge in [0.25, 0.3) is 0 Å². The third kappa shape index (κ3) is 4.03. The minimum absolute atomic E-state index is 0. The van der Waals surface area contributed by atoms with Crippen LogP contribution in [-0.2, 0) is 32.3 Å². The zero-order chi connectivity index (χ0) is 9.84. The number of hydrogen-bond acceptors (Lipinski definition) is 2. The number of aryl methyl sites for hydroxylation is 1. The zero-order valence-corrected chi connectivity index (χ0v) is 10.9. The summed E-state index contributed by atoms with van der Waals surface area (Å²) in [5, 5.41) is 8.57. The Morgan fingerprint density at radius 3 is 2.36 bits per heavy atom. The second-order valence-corrected chi connectivity index (χ2v) is 3.13. The Hall–Kier alpha value is -0.662. The minimum atomic E-state index is -0.958. The molecule has 0 aliphatic heterocycles. The summed E-state index contributed by atoms with van der Waals surface area (Å²) < 4.78 is 0. The number of aliphatic carboxylic acids is 1. The van der Waals surface area contributed by atoms with Crippen molar-refractivity contribution in [1.82, 2.24) is 0 Å². The number of carbonyl (C=O) groups is 1. The van der Waals surface area contributed by atoms with Gasteiger partial charge in [-0.25, -0.2) is 0 Å². The molecule has 0 fully saturated rings. The molecule has 1 atom stereocenters. The number of nitrogens with two attached hydrogens (primary N) is 1. The standard InChI is InChI=1S/C10H13NO2.W/c1-7-2-4-8(5-3-7)6-9(11)10(12)13;/h2-5,9H,6,11H2,1H3,(H,12,13);/t9-;/m0./s1. The summed E-state index contributed by atoms with van der Waals surface area (Å²) in [6.45, 7) is 1.99. The molecule has 14 heavy (non-hydrogen) atoms. The van der Waals surface area contributed by atoms with Crippen LogP contribution >= 0.6 is 0 Å². The molecule has 0 bridgehead atoms. The van der Waals surface area contributed by atoms with Crippen molar-refractivity contribution >= 4 is 5.97 Å². The molecule has 4 heteroatoms. The van der Waals surface area contributed by atoms with Gasteiger partial charge >= 0.3 is 5.97 Å². The molecular formula is C10H13NO2W. The van der Waals surface area contributed by atoms with Gasteiger partial charge in [0, 0.05) is 21.1 Å². The molecule has 1 rings (SSSR count). The fourth-order valence-corrected chi connectivity index (χ4v) is 1.07. The van der Waals surface area contributed by atoms with Crippen LogP contribution < -0.4 is 5.73 Å². The number of carboxylic acid groups (broad SMARTS) is 1. The monoisotopic (exact) mass is 363 g/mol. The van der Waals surface area contributed by atoms with Crippen LogP contribution in [0.4, 0.5) is 0 Å². The SMILES string of the molecule is Cc1ccc(C[C@H](N)C(=O)O)cc1.[W]. The second-order valence-electron chi connectivity index (χ2n) is 3.13. The van der Waals surface area contributed by atoms with Gasteiger partial charge in [-0.3, -0.25) is 4.79 Å². The van der Waals surface area contributed by atoms with Crippen molar-refractivity contribution in [2.24, 2.45) is 5.73 Å². The van der Waals surface area contributed by atoms with Crippen molar-refractivity contribution in [2.75, 3.05) is 0 Å². The Bertz CT molecular complexity index is 297. The first-order chi connectivity index (χ1) is 6.09. The first-order valence-corrected chi connectivity index (χ1v) is 4.13. The third-order valence-corrected chi connectivity index (χ3v) is 1.89. The van der Waals surface area contributed by atoms with Crippen LogP contribution in [0.15, 0.2) is 24.3 Å². The van der Waals surface area contributed by atoms with E-state index in [-0.39, 0.29) is 21.1 Å². The molecule has 0 unspecified atom stereocenters. The molecule has 0 spiro atoms. The second kappa shape index (κ2) is 5.94. The Labute approximate surface area is 97.6 Å². The minimum Gasteiger partial charge on any atom is -0.480 e. The van der Waals surface area contributed by atoms with Gasteiger partial charge in [-0.2, -0.15) is 0 Å². The Morgan fingerprint density at radius 2 is 1.93 bits per heavy atom. The smallest absolute Gasteiger partial charge is 0.320 e. The third-order valence-electron chi connectivity index (χ3n) is 1.89. The largest absolute Gasteiger partial charge is 0.480 e. The van der Waals surface area contributed by atoms with Gasteiger partial charge in [-0.15, -0.1) is 0 Å². The molecule has 0 saturated heterocycles. The summed E-state index contributed by atoms with van der Waals surface area (Å²) in [6, 6.07) is 6.90. The summed E-state index contributed by atoms with van der Waals surface area (Å²) in [7, 11) is 0. The Morgan fingerprint density at radius 1 is 1.43 bits per heavy atom. The fourth-order valence-electron chi connectivity index (χ4n) is 1.07. The van der Waals surface area contributed by atoms with Gasteiger partial charge in [-0.05, 0) is 18.9 Å². The van der Waals surface area contributed by atoms with Crippen molar-refractivity contribution in [2.45, 2.75) is 19.4 Å². The van der Waals surface area contributed by atoms with Gasteiger partial charge < -0.3 is 10.8 Å². The van der Waals surface area contributed by atoms with Crippen molar-refractivity contribution in [1.29, 1.82) is 0 Å². The first-order valence-electron chi connectivity index (χ1n) is 4.13.